The van der Waals surface area contributed by atoms with E-state index in [1.807, 2.05) is 20.8 Å². The zero-order valence-electron chi connectivity index (χ0n) is 12.4. The summed E-state index contributed by atoms with van der Waals surface area (Å²) in [5, 5.41) is 8.30. The third-order valence-corrected chi connectivity index (χ3v) is 4.18. The van der Waals surface area contributed by atoms with Crippen molar-refractivity contribution in [2.45, 2.75) is 51.7 Å². The summed E-state index contributed by atoms with van der Waals surface area (Å²) < 4.78 is 6.85. The predicted octanol–water partition coefficient (Wildman–Crippen LogP) is 2.16. The number of nitrogens with zero attached hydrogens (tertiary/aromatic N) is 2. The number of nitrogens with one attached hydrogen (secondary N) is 1. The van der Waals surface area contributed by atoms with Crippen LogP contribution < -0.4 is 5.32 Å². The van der Waals surface area contributed by atoms with Crippen molar-refractivity contribution in [1.29, 1.82) is 0 Å². The van der Waals surface area contributed by atoms with Crippen LogP contribution in [0.15, 0.2) is 6.20 Å². The highest BCUT2D eigenvalue weighted by Crippen LogP contribution is 2.42. The Balaban J connectivity index is 2.34. The van der Waals surface area contributed by atoms with E-state index in [2.05, 4.69) is 10.4 Å². The van der Waals surface area contributed by atoms with Crippen LogP contribution in [0.2, 0.25) is 5.02 Å². The van der Waals surface area contributed by atoms with Crippen molar-refractivity contribution in [3.05, 3.63) is 16.9 Å². The Hall–Kier alpha value is -1.07. The van der Waals surface area contributed by atoms with Gasteiger partial charge >= 0.3 is 5.97 Å². The van der Waals surface area contributed by atoms with Crippen LogP contribution in [0, 0.1) is 12.8 Å². The number of rotatable bonds is 6. The second kappa shape index (κ2) is 5.74. The van der Waals surface area contributed by atoms with E-state index < -0.39 is 5.54 Å². The number of ether oxygens (including phenoxy) is 1. The molecule has 112 valence electrons. The van der Waals surface area contributed by atoms with Crippen molar-refractivity contribution in [3.8, 4) is 0 Å². The molecule has 1 fully saturated rings. The summed E-state index contributed by atoms with van der Waals surface area (Å²) in [6, 6.07) is 0.182. The molecule has 20 heavy (non-hydrogen) atoms. The third-order valence-electron chi connectivity index (χ3n) is 3.81. The quantitative estimate of drug-likeness (QED) is 0.818. The zero-order chi connectivity index (χ0) is 14.9. The van der Waals surface area contributed by atoms with Gasteiger partial charge in [0.2, 0.25) is 0 Å². The van der Waals surface area contributed by atoms with Gasteiger partial charge in [-0.3, -0.25) is 10.00 Å². The first-order valence-corrected chi connectivity index (χ1v) is 7.32. The number of carbonyl (C=O) groups is 1. The largest absolute Gasteiger partial charge is 0.468 e. The molecule has 1 N–H and O–H groups in total. The van der Waals surface area contributed by atoms with Crippen LogP contribution in [-0.4, -0.2) is 34.4 Å². The Morgan fingerprint density at radius 3 is 2.70 bits per heavy atom. The van der Waals surface area contributed by atoms with Gasteiger partial charge in [-0.25, -0.2) is 4.79 Å². The maximum atomic E-state index is 12.4. The monoisotopic (exact) mass is 299 g/mol. The van der Waals surface area contributed by atoms with Crippen molar-refractivity contribution in [3.63, 3.8) is 0 Å². The maximum Gasteiger partial charge on any atom is 0.328 e. The van der Waals surface area contributed by atoms with Gasteiger partial charge in [0.25, 0.3) is 0 Å². The first-order valence-electron chi connectivity index (χ1n) is 6.94. The molecule has 1 aliphatic carbocycles. The number of hydrogen-bond donors (Lipinski definition) is 1. The van der Waals surface area contributed by atoms with E-state index in [4.69, 9.17) is 16.3 Å². The molecule has 0 amide bonds. The van der Waals surface area contributed by atoms with Crippen LogP contribution >= 0.6 is 11.6 Å². The van der Waals surface area contributed by atoms with Crippen molar-refractivity contribution in [2.75, 3.05) is 7.11 Å². The fourth-order valence-electron chi connectivity index (χ4n) is 2.68. The minimum Gasteiger partial charge on any atom is -0.468 e. The number of esters is 1. The lowest BCUT2D eigenvalue weighted by atomic mass is 9.91. The van der Waals surface area contributed by atoms with Crippen molar-refractivity contribution in [1.82, 2.24) is 15.1 Å². The SMILES string of the molecule is COC(=O)C(Cn1ncc(Cl)c1C)(NC(C)C)C1CC1. The second-order valence-corrected chi connectivity index (χ2v) is 6.18. The summed E-state index contributed by atoms with van der Waals surface area (Å²) in [5.74, 6) is 0.0689. The van der Waals surface area contributed by atoms with Crippen LogP contribution in [0.3, 0.4) is 0 Å². The fourth-order valence-corrected chi connectivity index (χ4v) is 2.82. The maximum absolute atomic E-state index is 12.4. The van der Waals surface area contributed by atoms with Gasteiger partial charge in [-0.1, -0.05) is 11.6 Å². The first-order chi connectivity index (χ1) is 9.40. The normalized spacial score (nSPS) is 18.1. The lowest BCUT2D eigenvalue weighted by Crippen LogP contribution is -2.59. The van der Waals surface area contributed by atoms with Crippen molar-refractivity contribution in [2.24, 2.45) is 5.92 Å². The molecule has 1 aliphatic rings. The number of carbonyl (C=O) groups excluding carboxylic acids is 1. The Morgan fingerprint density at radius 1 is 1.65 bits per heavy atom. The first kappa shape index (κ1) is 15.3. The minimum absolute atomic E-state index is 0.182. The summed E-state index contributed by atoms with van der Waals surface area (Å²) in [6.45, 7) is 6.41. The Kier molecular flexibility index (Phi) is 4.39. The Bertz CT molecular complexity index is 497. The van der Waals surface area contributed by atoms with Crippen LogP contribution in [0.4, 0.5) is 0 Å². The molecule has 0 spiro atoms. The van der Waals surface area contributed by atoms with Crippen molar-refractivity contribution < 1.29 is 9.53 Å². The van der Waals surface area contributed by atoms with E-state index in [1.54, 1.807) is 10.9 Å². The van der Waals surface area contributed by atoms with E-state index in [-0.39, 0.29) is 12.0 Å². The molecule has 1 aromatic heterocycles. The Morgan fingerprint density at radius 2 is 2.30 bits per heavy atom. The van der Waals surface area contributed by atoms with Gasteiger partial charge in [0.15, 0.2) is 0 Å². The van der Waals surface area contributed by atoms with E-state index in [0.717, 1.165) is 18.5 Å². The molecule has 5 nitrogen and oxygen atoms in total. The molecular weight excluding hydrogens is 278 g/mol. The predicted molar refractivity (Wildman–Crippen MR) is 77.7 cm³/mol. The second-order valence-electron chi connectivity index (χ2n) is 5.77. The lowest BCUT2D eigenvalue weighted by molar-refractivity contribution is -0.151. The number of aromatic nitrogens is 2. The highest BCUT2D eigenvalue weighted by Gasteiger charge is 2.52. The zero-order valence-corrected chi connectivity index (χ0v) is 13.2. The highest BCUT2D eigenvalue weighted by atomic mass is 35.5. The molecule has 0 radical (unpaired) electrons. The molecule has 0 bridgehead atoms. The average Bonchev–Trinajstić information content (AvgIpc) is 3.20. The number of halogens is 1. The molecule has 0 aliphatic heterocycles. The summed E-state index contributed by atoms with van der Waals surface area (Å²) in [4.78, 5) is 12.4. The molecule has 1 unspecified atom stereocenters. The van der Waals surface area contributed by atoms with Gasteiger partial charge < -0.3 is 4.74 Å². The van der Waals surface area contributed by atoms with Crippen molar-refractivity contribution >= 4 is 17.6 Å². The average molecular weight is 300 g/mol. The van der Waals surface area contributed by atoms with Crippen LogP contribution in [0.5, 0.6) is 0 Å². The Labute approximate surface area is 124 Å². The van der Waals surface area contributed by atoms with E-state index >= 15 is 0 Å². The van der Waals surface area contributed by atoms with Gasteiger partial charge in [-0.15, -0.1) is 0 Å². The summed E-state index contributed by atoms with van der Waals surface area (Å²) in [7, 11) is 1.43. The van der Waals surface area contributed by atoms with Gasteiger partial charge in [0.1, 0.15) is 5.54 Å². The molecule has 1 saturated carbocycles. The third kappa shape index (κ3) is 2.83. The molecule has 1 heterocycles. The molecule has 1 aromatic rings. The number of hydrogen-bond acceptors (Lipinski definition) is 4. The topological polar surface area (TPSA) is 56.2 Å². The van der Waals surface area contributed by atoms with Gasteiger partial charge in [0, 0.05) is 6.04 Å². The highest BCUT2D eigenvalue weighted by molar-refractivity contribution is 6.31. The molecule has 6 heteroatoms. The van der Waals surface area contributed by atoms with Crippen LogP contribution in [0.25, 0.3) is 0 Å². The molecule has 2 rings (SSSR count). The summed E-state index contributed by atoms with van der Waals surface area (Å²) >= 11 is 6.05. The number of methoxy groups -OCH3 is 1. The summed E-state index contributed by atoms with van der Waals surface area (Å²) in [5.41, 5.74) is 0.148. The molecular formula is C14H22ClN3O2. The van der Waals surface area contributed by atoms with Gasteiger partial charge in [-0.2, -0.15) is 5.10 Å². The smallest absolute Gasteiger partial charge is 0.328 e. The lowest BCUT2D eigenvalue weighted by Gasteiger charge is -2.34. The molecule has 1 atom stereocenters. The minimum atomic E-state index is -0.719. The van der Waals surface area contributed by atoms with E-state index in [0.29, 0.717) is 17.5 Å². The van der Waals surface area contributed by atoms with E-state index in [9.17, 15) is 4.79 Å². The fraction of sp³-hybridized carbons (Fsp3) is 0.714. The van der Waals surface area contributed by atoms with Gasteiger partial charge in [0.05, 0.1) is 30.6 Å². The van der Waals surface area contributed by atoms with E-state index in [1.165, 1.54) is 7.11 Å². The van der Waals surface area contributed by atoms with Crippen LogP contribution in [0.1, 0.15) is 32.4 Å². The van der Waals surface area contributed by atoms with Gasteiger partial charge in [-0.05, 0) is 39.5 Å². The standard InChI is InChI=1S/C14H22ClN3O2/c1-9(2)17-14(11-5-6-11,13(19)20-4)8-18-10(3)12(15)7-16-18/h7,9,11,17H,5-6,8H2,1-4H3. The summed E-state index contributed by atoms with van der Waals surface area (Å²) in [6.07, 6.45) is 3.67. The molecule has 0 saturated heterocycles. The molecule has 0 aromatic carbocycles. The van der Waals surface area contributed by atoms with Crippen LogP contribution in [-0.2, 0) is 16.1 Å².